The molecule has 1 fully saturated rings. The summed E-state index contributed by atoms with van der Waals surface area (Å²) in [5.41, 5.74) is 1.77. The summed E-state index contributed by atoms with van der Waals surface area (Å²) >= 11 is 5.84. The van der Waals surface area contributed by atoms with Gasteiger partial charge in [-0.2, -0.15) is 0 Å². The number of benzene rings is 2. The molecule has 3 aromatic rings. The van der Waals surface area contributed by atoms with Crippen molar-refractivity contribution in [2.24, 2.45) is 5.92 Å². The number of anilines is 1. The molecule has 2 N–H and O–H groups in total. The van der Waals surface area contributed by atoms with E-state index in [-0.39, 0.29) is 40.9 Å². The maximum absolute atomic E-state index is 14.6. The SMILES string of the molecule is CC1CCC[C@H](N2CC[C@H](c3c(F)ccc(Cl)c3F)OC2=O)c2cc(ccn2)-c2cc(C(=O)O)ccc2NC1=O. The number of carboxylic acids is 1. The molecule has 0 radical (unpaired) electrons. The van der Waals surface area contributed by atoms with Gasteiger partial charge in [0.2, 0.25) is 5.91 Å². The summed E-state index contributed by atoms with van der Waals surface area (Å²) in [6, 6.07) is 9.50. The second-order valence-electron chi connectivity index (χ2n) is 9.98. The number of carbonyl (C=O) groups excluding carboxylic acids is 2. The van der Waals surface area contributed by atoms with Gasteiger partial charge in [0, 0.05) is 36.3 Å². The molecule has 0 saturated carbocycles. The lowest BCUT2D eigenvalue weighted by molar-refractivity contribution is -0.119. The molecule has 5 rings (SSSR count). The molecule has 0 spiro atoms. The van der Waals surface area contributed by atoms with Crippen LogP contribution >= 0.6 is 11.6 Å². The lowest BCUT2D eigenvalue weighted by Crippen LogP contribution is -2.42. The number of nitrogens with zero attached hydrogens (tertiary/aromatic N) is 2. The molecule has 40 heavy (non-hydrogen) atoms. The Kier molecular flexibility index (Phi) is 7.71. The molecule has 1 unspecified atom stereocenters. The van der Waals surface area contributed by atoms with Gasteiger partial charge >= 0.3 is 12.1 Å². The summed E-state index contributed by atoms with van der Waals surface area (Å²) in [5.74, 6) is -3.48. The highest BCUT2D eigenvalue weighted by Gasteiger charge is 2.37. The molecule has 3 atom stereocenters. The Balaban J connectivity index is 1.51. The van der Waals surface area contributed by atoms with Gasteiger partial charge in [0.05, 0.1) is 27.9 Å². The van der Waals surface area contributed by atoms with E-state index in [1.807, 2.05) is 0 Å². The van der Waals surface area contributed by atoms with E-state index < -0.39 is 35.8 Å². The van der Waals surface area contributed by atoms with E-state index in [2.05, 4.69) is 10.3 Å². The molecule has 1 aromatic heterocycles. The Morgan fingerprint density at radius 2 is 1.93 bits per heavy atom. The lowest BCUT2D eigenvalue weighted by atomic mass is 9.93. The minimum absolute atomic E-state index is 0.0502. The number of aromatic carboxylic acids is 1. The molecule has 2 aromatic carbocycles. The summed E-state index contributed by atoms with van der Waals surface area (Å²) < 4.78 is 34.6. The third kappa shape index (κ3) is 5.36. The predicted molar refractivity (Wildman–Crippen MR) is 143 cm³/mol. The number of rotatable bonds is 3. The molecule has 2 bridgehead atoms. The first-order valence-corrected chi connectivity index (χ1v) is 13.3. The Morgan fingerprint density at radius 3 is 2.67 bits per heavy atom. The second kappa shape index (κ2) is 11.2. The van der Waals surface area contributed by atoms with Crippen molar-refractivity contribution in [3.63, 3.8) is 0 Å². The molecule has 2 aliphatic rings. The molecule has 2 aliphatic heterocycles. The molecule has 208 valence electrons. The number of pyridine rings is 1. The van der Waals surface area contributed by atoms with Gasteiger partial charge in [0.15, 0.2) is 5.82 Å². The maximum atomic E-state index is 14.6. The predicted octanol–water partition coefficient (Wildman–Crippen LogP) is 6.76. The number of hydrogen-bond acceptors (Lipinski definition) is 5. The van der Waals surface area contributed by atoms with Crippen LogP contribution in [-0.4, -0.2) is 39.5 Å². The lowest BCUT2D eigenvalue weighted by Gasteiger charge is -2.37. The number of amides is 2. The Labute approximate surface area is 233 Å². The summed E-state index contributed by atoms with van der Waals surface area (Å²) in [6.07, 6.45) is 1.35. The Morgan fingerprint density at radius 1 is 1.12 bits per heavy atom. The molecule has 0 aliphatic carbocycles. The molecule has 2 amide bonds. The van der Waals surface area contributed by atoms with E-state index in [1.165, 1.54) is 17.0 Å². The van der Waals surface area contributed by atoms with E-state index in [0.717, 1.165) is 12.1 Å². The first-order chi connectivity index (χ1) is 19.1. The van der Waals surface area contributed by atoms with Gasteiger partial charge in [-0.15, -0.1) is 0 Å². The van der Waals surface area contributed by atoms with Gasteiger partial charge < -0.3 is 15.2 Å². The average molecular weight is 570 g/mol. The zero-order valence-electron chi connectivity index (χ0n) is 21.5. The largest absolute Gasteiger partial charge is 0.478 e. The number of carboxylic acid groups (broad SMARTS) is 1. The highest BCUT2D eigenvalue weighted by molar-refractivity contribution is 6.30. The number of halogens is 3. The van der Waals surface area contributed by atoms with Crippen LogP contribution < -0.4 is 5.32 Å². The van der Waals surface area contributed by atoms with Crippen LogP contribution in [0.15, 0.2) is 48.7 Å². The van der Waals surface area contributed by atoms with Crippen LogP contribution in [0, 0.1) is 17.6 Å². The van der Waals surface area contributed by atoms with Gasteiger partial charge in [0.25, 0.3) is 0 Å². The number of ether oxygens (including phenoxy) is 1. The van der Waals surface area contributed by atoms with Crippen LogP contribution in [-0.2, 0) is 9.53 Å². The minimum atomic E-state index is -1.14. The third-order valence-corrected chi connectivity index (χ3v) is 7.70. The van der Waals surface area contributed by atoms with Crippen molar-refractivity contribution < 1.29 is 33.0 Å². The molecule has 11 heteroatoms. The molecule has 8 nitrogen and oxygen atoms in total. The number of hydrogen-bond donors (Lipinski definition) is 2. The van der Waals surface area contributed by atoms with E-state index in [4.69, 9.17) is 16.3 Å². The van der Waals surface area contributed by atoms with Crippen molar-refractivity contribution in [3.8, 4) is 11.1 Å². The zero-order chi connectivity index (χ0) is 28.6. The van der Waals surface area contributed by atoms with Crippen LogP contribution in [0.1, 0.15) is 66.4 Å². The average Bonchev–Trinajstić information content (AvgIpc) is 2.93. The van der Waals surface area contributed by atoms with Gasteiger partial charge in [-0.1, -0.05) is 24.9 Å². The Hall–Kier alpha value is -4.05. The van der Waals surface area contributed by atoms with Crippen LogP contribution in [0.4, 0.5) is 19.3 Å². The fourth-order valence-corrected chi connectivity index (χ4v) is 5.38. The smallest absolute Gasteiger partial charge is 0.410 e. The van der Waals surface area contributed by atoms with Crippen LogP contribution in [0.3, 0.4) is 0 Å². The van der Waals surface area contributed by atoms with Gasteiger partial charge in [0.1, 0.15) is 11.9 Å². The van der Waals surface area contributed by atoms with Crippen LogP contribution in [0.5, 0.6) is 0 Å². The second-order valence-corrected chi connectivity index (χ2v) is 10.4. The number of carbonyl (C=O) groups is 3. The van der Waals surface area contributed by atoms with Crippen molar-refractivity contribution >= 4 is 35.3 Å². The number of fused-ring (bicyclic) bond motifs is 4. The summed E-state index contributed by atoms with van der Waals surface area (Å²) in [5, 5.41) is 12.2. The quantitative estimate of drug-likeness (QED) is 0.337. The topological polar surface area (TPSA) is 109 Å². The standard InChI is InChI=1S/C29H26ClF2N3O5/c1-15-3-2-4-23(35-12-10-24(40-29(35)39)25-20(31)7-6-19(30)26(25)32)22-14-16(9-11-33-22)18-13-17(28(37)38)5-8-21(18)34-27(15)36/h5-9,11,13-15,23-24H,2-4,10,12H2,1H3,(H,34,36)(H,37,38)/t15?,23-,24+/m0/s1. The number of nitrogens with one attached hydrogen (secondary N) is 1. The monoisotopic (exact) mass is 569 g/mol. The summed E-state index contributed by atoms with van der Waals surface area (Å²) in [6.45, 7) is 1.94. The van der Waals surface area contributed by atoms with E-state index in [1.54, 1.807) is 31.3 Å². The van der Waals surface area contributed by atoms with Crippen molar-refractivity contribution in [1.82, 2.24) is 9.88 Å². The normalized spacial score (nSPS) is 21.4. The van der Waals surface area contributed by atoms with E-state index in [9.17, 15) is 28.3 Å². The highest BCUT2D eigenvalue weighted by Crippen LogP contribution is 2.39. The zero-order valence-corrected chi connectivity index (χ0v) is 22.3. The van der Waals surface area contributed by atoms with Crippen molar-refractivity contribution in [2.75, 3.05) is 11.9 Å². The van der Waals surface area contributed by atoms with Crippen molar-refractivity contribution in [1.29, 1.82) is 0 Å². The molecular weight excluding hydrogens is 544 g/mol. The summed E-state index contributed by atoms with van der Waals surface area (Å²) in [4.78, 5) is 43.9. The van der Waals surface area contributed by atoms with Gasteiger partial charge in [-0.25, -0.2) is 18.4 Å². The summed E-state index contributed by atoms with van der Waals surface area (Å²) in [7, 11) is 0. The van der Waals surface area contributed by atoms with Gasteiger partial charge in [-0.3, -0.25) is 14.7 Å². The molecular formula is C29H26ClF2N3O5. The maximum Gasteiger partial charge on any atom is 0.410 e. The molecule has 3 heterocycles. The van der Waals surface area contributed by atoms with E-state index >= 15 is 0 Å². The fourth-order valence-electron chi connectivity index (χ4n) is 5.21. The number of aromatic nitrogens is 1. The fraction of sp³-hybridized carbons (Fsp3) is 0.310. The van der Waals surface area contributed by atoms with Crippen LogP contribution in [0.25, 0.3) is 11.1 Å². The highest BCUT2D eigenvalue weighted by atomic mass is 35.5. The van der Waals surface area contributed by atoms with Gasteiger partial charge in [-0.05, 0) is 60.9 Å². The molecule has 1 saturated heterocycles. The first kappa shape index (κ1) is 27.5. The van der Waals surface area contributed by atoms with Crippen LogP contribution in [0.2, 0.25) is 5.02 Å². The van der Waals surface area contributed by atoms with Crippen molar-refractivity contribution in [3.05, 3.63) is 82.1 Å². The minimum Gasteiger partial charge on any atom is -0.478 e. The third-order valence-electron chi connectivity index (χ3n) is 7.41. The van der Waals surface area contributed by atoms with E-state index in [0.29, 0.717) is 41.8 Å². The van der Waals surface area contributed by atoms with Crippen molar-refractivity contribution in [2.45, 2.75) is 44.8 Å². The number of cyclic esters (lactones) is 1. The first-order valence-electron chi connectivity index (χ1n) is 12.9. The Bertz CT molecular complexity index is 1500.